The number of nitrogens with two attached hydrogens (primary N) is 1. The van der Waals surface area contributed by atoms with E-state index in [1.807, 2.05) is 23.3 Å². The van der Waals surface area contributed by atoms with Gasteiger partial charge in [-0.25, -0.2) is 4.98 Å². The minimum Gasteiger partial charge on any atom is -0.396 e. The fourth-order valence-corrected chi connectivity index (χ4v) is 23.0. The number of aliphatic hydroxyl groups excluding tert-OH is 5. The molecular formula is C56H81N5O7S2. The molecule has 1 aromatic rings. The number of guanidine groups is 1. The quantitative estimate of drug-likeness (QED) is 0.0489. The number of aliphatic imine (C=N–C) groups is 1. The minimum absolute atomic E-state index is 0.0881. The third-order valence-corrected chi connectivity index (χ3v) is 24.9. The minimum atomic E-state index is -1.61. The summed E-state index contributed by atoms with van der Waals surface area (Å²) in [7, 11) is 3.64. The Bertz CT molecular complexity index is 2370. The van der Waals surface area contributed by atoms with E-state index in [2.05, 4.69) is 41.8 Å². The van der Waals surface area contributed by atoms with Crippen molar-refractivity contribution in [1.82, 2.24) is 14.9 Å². The van der Waals surface area contributed by atoms with Crippen molar-refractivity contribution in [2.75, 3.05) is 24.7 Å². The number of nitrogens with one attached hydrogen (secondary N) is 1. The number of nitrogens with zero attached hydrogens (tertiary/aromatic N) is 3. The van der Waals surface area contributed by atoms with E-state index in [1.165, 1.54) is 44.1 Å². The fraction of sp³-hybridized carbons (Fsp3) is 0.804. The Balaban J connectivity index is 1.05. The van der Waals surface area contributed by atoms with Crippen LogP contribution in [0.25, 0.3) is 0 Å². The number of carbonyl (C=O) groups is 1. The molecule has 9 N–H and O–H groups in total. The van der Waals surface area contributed by atoms with Crippen molar-refractivity contribution < 1.29 is 35.4 Å². The smallest absolute Gasteiger partial charge is 0.190 e. The Morgan fingerprint density at radius 1 is 0.986 bits per heavy atom. The molecule has 1 aromatic heterocycles. The van der Waals surface area contributed by atoms with Gasteiger partial charge >= 0.3 is 0 Å². The molecule has 384 valence electrons. The van der Waals surface area contributed by atoms with Gasteiger partial charge in [0.2, 0.25) is 0 Å². The van der Waals surface area contributed by atoms with E-state index in [4.69, 9.17) is 10.7 Å². The molecule has 20 atom stereocenters. The van der Waals surface area contributed by atoms with Crippen LogP contribution in [0.3, 0.4) is 0 Å². The number of ketones is 1. The Morgan fingerprint density at radius 2 is 1.80 bits per heavy atom. The molecule has 7 saturated carbocycles. The summed E-state index contributed by atoms with van der Waals surface area (Å²) in [5.41, 5.74) is 10.1. The molecular weight excluding hydrogens is 919 g/mol. The number of imidazole rings is 1. The summed E-state index contributed by atoms with van der Waals surface area (Å²) in [6.45, 7) is 8.54. The standard InChI is InChI=1S/C56H81N5O7S2/c1-29(63)60-51(57)59-24-32-21-55(27-62)39-17-34(56(55,68)41-19-42(64)40-18-43(65)44(66)23-53(40,4)47(32)41)25-69-70-26-35(61-14-13-58-28-61)22-52(2,3)49-38-15-30-10-11-33-8-6-12-54(33,20-30)48(38)36-9-5-7-31-16-37(39)50(67)46(49)45(31)36/h13-14,19,28-35,37,39-40,43-44,46-48,50,62-63,65-68H,5-12,15-18,20-27H2,1-4H3,(H3,57,59,60)/t29-,30-,31+,32+,33+,34+,35+,37-,39+,40-,43+,44-,46+,47-,48+,50-,53-,54+,55-,56+/m0/s1. The van der Waals surface area contributed by atoms with Crippen molar-refractivity contribution >= 4 is 33.3 Å². The van der Waals surface area contributed by atoms with E-state index in [-0.39, 0.29) is 78.8 Å². The molecule has 6 bridgehead atoms. The van der Waals surface area contributed by atoms with E-state index in [9.17, 15) is 35.4 Å². The lowest BCUT2D eigenvalue weighted by Gasteiger charge is -2.64. The van der Waals surface area contributed by atoms with Gasteiger partial charge in [-0.15, -0.1) is 0 Å². The second-order valence-corrected chi connectivity index (χ2v) is 28.6. The molecule has 12 rings (SSSR count). The zero-order chi connectivity index (χ0) is 48.9. The monoisotopic (exact) mass is 1000 g/mol. The van der Waals surface area contributed by atoms with Crippen LogP contribution < -0.4 is 11.1 Å². The van der Waals surface area contributed by atoms with Crippen LogP contribution in [0.5, 0.6) is 0 Å². The Morgan fingerprint density at radius 3 is 2.57 bits per heavy atom. The largest absolute Gasteiger partial charge is 0.396 e. The second kappa shape index (κ2) is 17.4. The highest BCUT2D eigenvalue weighted by atomic mass is 33.1. The van der Waals surface area contributed by atoms with Gasteiger partial charge in [-0.2, -0.15) is 0 Å². The molecule has 14 heteroatoms. The van der Waals surface area contributed by atoms with E-state index in [0.29, 0.717) is 47.3 Å². The van der Waals surface area contributed by atoms with Gasteiger partial charge in [0.25, 0.3) is 0 Å². The number of aromatic nitrogens is 2. The van der Waals surface area contributed by atoms with Crippen LogP contribution in [0.1, 0.15) is 136 Å². The van der Waals surface area contributed by atoms with Gasteiger partial charge in [0.05, 0.1) is 36.8 Å². The summed E-state index contributed by atoms with van der Waals surface area (Å²) in [5.74, 6) is 1.36. The third kappa shape index (κ3) is 7.00. The summed E-state index contributed by atoms with van der Waals surface area (Å²) in [5, 5.41) is 76.6. The molecule has 0 radical (unpaired) electrons. The number of aliphatic hydroxyl groups is 6. The van der Waals surface area contributed by atoms with Crippen LogP contribution in [0.2, 0.25) is 0 Å². The number of rotatable bonds is 5. The van der Waals surface area contributed by atoms with Crippen LogP contribution in [-0.4, -0.2) is 107 Å². The Kier molecular flexibility index (Phi) is 12.2. The average Bonchev–Trinajstić information content (AvgIpc) is 4.06. The average molecular weight is 1000 g/mol. The number of allylic oxidation sites excluding steroid dienone is 3. The van der Waals surface area contributed by atoms with Crippen LogP contribution in [-0.2, 0) is 4.79 Å². The van der Waals surface area contributed by atoms with Gasteiger partial charge in [-0.05, 0) is 173 Å². The number of carbonyl (C=O) groups excluding carboxylic acids is 1. The van der Waals surface area contributed by atoms with Gasteiger partial charge in [0.1, 0.15) is 6.23 Å². The molecule has 11 aliphatic rings. The lowest BCUT2D eigenvalue weighted by atomic mass is 9.41. The normalized spacial score (nSPS) is 48.8. The SMILES string of the molecule is C[C@H](O)NC(N)=NC[C@H]1C[C@]2(CO)[C@@H]3C[C@H](CSSC[C@H](n4ccnc4)CC(C)(C)C4=C5C[C@@H]6CC[C@H]7CCC[C@]7(C6)[C@@H]5C5=C6[C@H](CCC5)C[C@@H]3[C@H](O)[C@H]64)[C@@]2(O)C2=CC(=O)[C@@H]3C[C@@H](O)[C@@H](O)C[C@]3(C)[C@H]21. The second-order valence-electron chi connectivity index (χ2n) is 26.0. The van der Waals surface area contributed by atoms with Crippen molar-refractivity contribution in [2.24, 2.45) is 97.5 Å². The highest BCUT2D eigenvalue weighted by Gasteiger charge is 2.75. The maximum absolute atomic E-state index is 14.8. The van der Waals surface area contributed by atoms with Crippen molar-refractivity contribution in [3.63, 3.8) is 0 Å². The van der Waals surface area contributed by atoms with Gasteiger partial charge < -0.3 is 46.3 Å². The molecule has 0 unspecified atom stereocenters. The van der Waals surface area contributed by atoms with Crippen molar-refractivity contribution in [1.29, 1.82) is 0 Å². The molecule has 1 saturated heterocycles. The van der Waals surface area contributed by atoms with Crippen LogP contribution >= 0.6 is 21.6 Å². The zero-order valence-corrected chi connectivity index (χ0v) is 43.6. The number of fused-ring (bicyclic) bond motifs is 14. The Hall–Kier alpha value is -2.17. The van der Waals surface area contributed by atoms with Gasteiger partial charge in [-0.3, -0.25) is 9.79 Å². The summed E-state index contributed by atoms with van der Waals surface area (Å²) >= 11 is 0. The molecule has 2 heterocycles. The maximum Gasteiger partial charge on any atom is 0.190 e. The predicted octanol–water partition coefficient (Wildman–Crippen LogP) is 7.12. The first-order valence-electron chi connectivity index (χ1n) is 27.5. The third-order valence-electron chi connectivity index (χ3n) is 22.4. The summed E-state index contributed by atoms with van der Waals surface area (Å²) in [6.07, 6.45) is 19.6. The zero-order valence-electron chi connectivity index (χ0n) is 42.0. The van der Waals surface area contributed by atoms with E-state index < -0.39 is 52.8 Å². The van der Waals surface area contributed by atoms with Gasteiger partial charge in [0, 0.05) is 65.6 Å². The topological polar surface area (TPSA) is 207 Å². The summed E-state index contributed by atoms with van der Waals surface area (Å²) < 4.78 is 2.31. The molecule has 1 spiro atoms. The molecule has 8 fully saturated rings. The van der Waals surface area contributed by atoms with Crippen LogP contribution in [0.4, 0.5) is 0 Å². The lowest BCUT2D eigenvalue weighted by molar-refractivity contribution is -0.185. The maximum atomic E-state index is 14.8. The van der Waals surface area contributed by atoms with Gasteiger partial charge in [0.15, 0.2) is 11.7 Å². The van der Waals surface area contributed by atoms with Crippen molar-refractivity contribution in [3.05, 3.63) is 52.7 Å². The molecule has 0 aromatic carbocycles. The molecule has 1 aliphatic heterocycles. The molecule has 70 heavy (non-hydrogen) atoms. The number of hydrogen-bond acceptors (Lipinski definition) is 11. The van der Waals surface area contributed by atoms with Crippen molar-refractivity contribution in [2.45, 2.75) is 167 Å². The number of hydrogen-bond donors (Lipinski definition) is 8. The molecule has 0 amide bonds. The predicted molar refractivity (Wildman–Crippen MR) is 274 cm³/mol. The first-order chi connectivity index (χ1) is 33.5. The summed E-state index contributed by atoms with van der Waals surface area (Å²) in [6, 6.07) is 0.148. The van der Waals surface area contributed by atoms with Crippen LogP contribution in [0, 0.1) is 86.8 Å². The van der Waals surface area contributed by atoms with Gasteiger partial charge in [-0.1, -0.05) is 71.1 Å². The van der Waals surface area contributed by atoms with E-state index >= 15 is 0 Å². The fourth-order valence-electron chi connectivity index (χ4n) is 20.3. The highest BCUT2D eigenvalue weighted by Crippen LogP contribution is 2.75. The first kappa shape index (κ1) is 48.8. The van der Waals surface area contributed by atoms with E-state index in [1.54, 1.807) is 40.5 Å². The summed E-state index contributed by atoms with van der Waals surface area (Å²) in [4.78, 5) is 24.2. The highest BCUT2D eigenvalue weighted by molar-refractivity contribution is 8.76. The molecule has 12 nitrogen and oxygen atoms in total. The Labute approximate surface area is 423 Å². The first-order valence-corrected chi connectivity index (χ1v) is 30.0. The van der Waals surface area contributed by atoms with Crippen LogP contribution in [0.15, 0.2) is 57.7 Å². The molecule has 10 aliphatic carbocycles. The van der Waals surface area contributed by atoms with E-state index in [0.717, 1.165) is 50.2 Å². The van der Waals surface area contributed by atoms with Crippen molar-refractivity contribution in [3.8, 4) is 0 Å². The lowest BCUT2D eigenvalue weighted by Crippen LogP contribution is -2.67.